The molecule has 0 rings (SSSR count). The van der Waals surface area contributed by atoms with Crippen LogP contribution in [0.3, 0.4) is 0 Å². The van der Waals surface area contributed by atoms with Crippen LogP contribution in [0.1, 0.15) is 0 Å². The van der Waals surface area contributed by atoms with Gasteiger partial charge >= 0.3 is 87.8 Å². The van der Waals surface area contributed by atoms with Crippen molar-refractivity contribution in [2.45, 2.75) is 29.6 Å². The summed E-state index contributed by atoms with van der Waals surface area (Å²) in [6, 6.07) is 0. The monoisotopic (exact) mass is 410 g/mol. The van der Waals surface area contributed by atoms with Crippen LogP contribution in [0.25, 0.3) is 0 Å². The second kappa shape index (κ2) is 4.95. The third kappa shape index (κ3) is 9.75. The maximum absolute atomic E-state index is 11.2. The van der Waals surface area contributed by atoms with Gasteiger partial charge in [0.15, 0.2) is 0 Å². The van der Waals surface area contributed by atoms with Crippen molar-refractivity contribution in [1.29, 1.82) is 0 Å². The van der Waals surface area contributed by atoms with E-state index in [1.807, 2.05) is 0 Å². The molecule has 0 bridgehead atoms. The second-order valence-corrected chi connectivity index (χ2v) is 32.3. The van der Waals surface area contributed by atoms with Gasteiger partial charge in [0.1, 0.15) is 0 Å². The molecule has 0 aromatic rings. The molecule has 0 fully saturated rings. The third-order valence-electron chi connectivity index (χ3n) is 0.636. The molecule has 0 aromatic heterocycles. The summed E-state index contributed by atoms with van der Waals surface area (Å²) in [6.07, 6.45) is 0. The van der Waals surface area contributed by atoms with Crippen LogP contribution in [0.2, 0.25) is 29.6 Å². The van der Waals surface area contributed by atoms with Crippen LogP contribution < -0.4 is 0 Å². The van der Waals surface area contributed by atoms with E-state index >= 15 is 0 Å². The van der Waals surface area contributed by atoms with Gasteiger partial charge in [0.2, 0.25) is 0 Å². The molecule has 0 radical (unpaired) electrons. The van der Waals surface area contributed by atoms with Gasteiger partial charge in [-0.2, -0.15) is 0 Å². The van der Waals surface area contributed by atoms with Crippen molar-refractivity contribution in [3.8, 4) is 0 Å². The summed E-state index contributed by atoms with van der Waals surface area (Å²) in [5.41, 5.74) is 0. The van der Waals surface area contributed by atoms with Crippen molar-refractivity contribution in [2.75, 3.05) is 0 Å². The number of hydrogen-bond donors (Lipinski definition) is 0. The summed E-state index contributed by atoms with van der Waals surface area (Å²) in [5, 5.41) is 0. The van der Waals surface area contributed by atoms with E-state index in [4.69, 9.17) is 5.04 Å². The van der Waals surface area contributed by atoms with Crippen LogP contribution >= 0.6 is 0 Å². The quantitative estimate of drug-likeness (QED) is 0.671. The van der Waals surface area contributed by atoms with Crippen molar-refractivity contribution < 1.29 is 9.25 Å². The predicted molar refractivity (Wildman–Crippen MR) is 57.0 cm³/mol. The Morgan fingerprint density at radius 2 is 1.08 bits per heavy atom. The Morgan fingerprint density at radius 3 is 1.25 bits per heavy atom. The Kier molecular flexibility index (Phi) is 5.64. The van der Waals surface area contributed by atoms with Crippen LogP contribution in [-0.4, -0.2) is 41.8 Å². The topological polar surface area (TPSA) is 35.5 Å². The van der Waals surface area contributed by atoms with Crippen LogP contribution in [0.15, 0.2) is 0 Å². The Hall–Kier alpha value is 1.67. The molecular formula is C6H18O3SSn2. The maximum atomic E-state index is 11.2. The Balaban J connectivity index is 3.92. The van der Waals surface area contributed by atoms with E-state index in [2.05, 4.69) is 29.6 Å². The van der Waals surface area contributed by atoms with E-state index in [1.54, 1.807) is 0 Å². The van der Waals surface area contributed by atoms with E-state index < -0.39 is 48.9 Å². The molecule has 0 aliphatic rings. The van der Waals surface area contributed by atoms with E-state index in [1.165, 1.54) is 0 Å². The SMILES string of the molecule is [CH3][Sn]([CH3])([CH3])[O]S(=O)[O][Sn]([CH3])([CH3])[CH3]. The van der Waals surface area contributed by atoms with Gasteiger partial charge < -0.3 is 0 Å². The molecule has 0 saturated heterocycles. The standard InChI is InChI=1S/6CH3.H2O3S.2Sn/c;;;;;;1-4(2)3;;/h6*1H3;(H2,1,2,3);;/q;;;;;;;2*+1/p-2. The van der Waals surface area contributed by atoms with Crippen molar-refractivity contribution >= 4 is 48.9 Å². The van der Waals surface area contributed by atoms with Gasteiger partial charge in [0.25, 0.3) is 0 Å². The molecule has 0 amide bonds. The van der Waals surface area contributed by atoms with Gasteiger partial charge in [-0.25, -0.2) is 0 Å². The molecular weight excluding hydrogens is 390 g/mol. The molecule has 0 atom stereocenters. The van der Waals surface area contributed by atoms with Crippen LogP contribution in [0, 0.1) is 0 Å². The molecule has 6 heteroatoms. The molecule has 74 valence electrons. The minimum absolute atomic E-state index is 1.47. The summed E-state index contributed by atoms with van der Waals surface area (Å²) in [7, 11) is 0. The third-order valence-corrected chi connectivity index (χ3v) is 12.8. The second-order valence-electron chi connectivity index (χ2n) is 4.60. The van der Waals surface area contributed by atoms with Crippen LogP contribution in [0.5, 0.6) is 0 Å². The summed E-state index contributed by atoms with van der Waals surface area (Å²) < 4.78 is 21.9. The summed E-state index contributed by atoms with van der Waals surface area (Å²) in [5.74, 6) is 0. The number of hydrogen-bond acceptors (Lipinski definition) is 3. The van der Waals surface area contributed by atoms with E-state index in [9.17, 15) is 4.21 Å². The average Bonchev–Trinajstić information content (AvgIpc) is 1.49. The molecule has 0 aliphatic carbocycles. The first-order chi connectivity index (χ1) is 5.10. The molecule has 0 spiro atoms. The first kappa shape index (κ1) is 13.7. The van der Waals surface area contributed by atoms with E-state index in [0.29, 0.717) is 0 Å². The van der Waals surface area contributed by atoms with Crippen molar-refractivity contribution in [3.63, 3.8) is 0 Å². The Morgan fingerprint density at radius 1 is 0.833 bits per heavy atom. The number of rotatable bonds is 4. The Bertz CT molecular complexity index is 153. The van der Waals surface area contributed by atoms with Crippen molar-refractivity contribution in [2.24, 2.45) is 0 Å². The summed E-state index contributed by atoms with van der Waals surface area (Å²) in [4.78, 5) is 12.4. The molecule has 0 unspecified atom stereocenters. The average molecular weight is 408 g/mol. The molecule has 0 N–H and O–H groups in total. The summed E-state index contributed by atoms with van der Waals surface area (Å²) >= 11 is -6.24. The zero-order valence-corrected chi connectivity index (χ0v) is 15.2. The fourth-order valence-corrected chi connectivity index (χ4v) is 10.5. The van der Waals surface area contributed by atoms with E-state index in [-0.39, 0.29) is 0 Å². The molecule has 0 saturated carbocycles. The van der Waals surface area contributed by atoms with Gasteiger partial charge in [0, 0.05) is 0 Å². The molecule has 0 heterocycles. The van der Waals surface area contributed by atoms with E-state index in [0.717, 1.165) is 0 Å². The van der Waals surface area contributed by atoms with Crippen molar-refractivity contribution in [3.05, 3.63) is 0 Å². The van der Waals surface area contributed by atoms with Crippen LogP contribution in [0.4, 0.5) is 0 Å². The fraction of sp³-hybridized carbons (Fsp3) is 1.00. The normalized spacial score (nSPS) is 13.9. The van der Waals surface area contributed by atoms with Gasteiger partial charge in [-0.15, -0.1) is 0 Å². The molecule has 0 aromatic carbocycles. The Labute approximate surface area is 86.9 Å². The fourth-order valence-electron chi connectivity index (χ4n) is 0.425. The first-order valence-electron chi connectivity index (χ1n) is 3.91. The first-order valence-corrected chi connectivity index (χ1v) is 24.4. The van der Waals surface area contributed by atoms with Gasteiger partial charge in [-0.1, -0.05) is 0 Å². The zero-order valence-electron chi connectivity index (χ0n) is 8.63. The molecule has 3 nitrogen and oxygen atoms in total. The van der Waals surface area contributed by atoms with Gasteiger partial charge in [-0.3, -0.25) is 0 Å². The minimum atomic E-state index is -2.38. The van der Waals surface area contributed by atoms with Crippen molar-refractivity contribution in [1.82, 2.24) is 0 Å². The summed E-state index contributed by atoms with van der Waals surface area (Å²) in [6.45, 7) is 0. The predicted octanol–water partition coefficient (Wildman–Crippen LogP) is 2.27. The molecule has 12 heavy (non-hydrogen) atoms. The van der Waals surface area contributed by atoms with Gasteiger partial charge in [-0.05, 0) is 0 Å². The molecule has 0 aliphatic heterocycles. The zero-order chi connectivity index (χ0) is 9.99. The van der Waals surface area contributed by atoms with Crippen LogP contribution in [-0.2, 0) is 16.4 Å². The van der Waals surface area contributed by atoms with Gasteiger partial charge in [0.05, 0.1) is 0 Å².